The van der Waals surface area contributed by atoms with Gasteiger partial charge in [-0.3, -0.25) is 14.3 Å². The summed E-state index contributed by atoms with van der Waals surface area (Å²) in [6.45, 7) is 2.11. The second kappa shape index (κ2) is 16.0. The molecule has 7 heteroatoms. The molecule has 30 heavy (non-hydrogen) atoms. The average Bonchev–Trinajstić information content (AvgIpc) is 2.72. The molecule has 0 amide bonds. The first-order valence-electron chi connectivity index (χ1n) is 11.2. The van der Waals surface area contributed by atoms with Crippen molar-refractivity contribution in [2.24, 2.45) is 0 Å². The summed E-state index contributed by atoms with van der Waals surface area (Å²) < 4.78 is 28.8. The van der Waals surface area contributed by atoms with Crippen molar-refractivity contribution in [3.05, 3.63) is 46.0 Å². The second-order valence-corrected chi connectivity index (χ2v) is 9.41. The van der Waals surface area contributed by atoms with Crippen molar-refractivity contribution >= 4 is 21.9 Å². The van der Waals surface area contributed by atoms with Crippen molar-refractivity contribution in [1.82, 2.24) is 0 Å². The topological polar surface area (TPSA) is 86.5 Å². The van der Waals surface area contributed by atoms with Gasteiger partial charge in [0.2, 0.25) is 0 Å². The lowest BCUT2D eigenvalue weighted by Crippen LogP contribution is -2.10. The highest BCUT2D eigenvalue weighted by atomic mass is 32.2. The van der Waals surface area contributed by atoms with Gasteiger partial charge < -0.3 is 0 Å². The lowest BCUT2D eigenvalue weighted by Gasteiger charge is -2.04. The third-order valence-corrected chi connectivity index (χ3v) is 6.31. The molecule has 0 aliphatic rings. The van der Waals surface area contributed by atoms with Crippen molar-refractivity contribution in [3.8, 4) is 0 Å². The van der Waals surface area contributed by atoms with Gasteiger partial charge in [-0.25, -0.2) is 0 Å². The first-order chi connectivity index (χ1) is 14.5. The molecule has 0 N–H and O–H groups in total. The summed E-state index contributed by atoms with van der Waals surface area (Å²) in [6.07, 6.45) is 17.2. The van der Waals surface area contributed by atoms with Crippen LogP contribution in [-0.2, 0) is 14.3 Å². The van der Waals surface area contributed by atoms with Crippen LogP contribution in [0.1, 0.15) is 89.5 Å². The van der Waals surface area contributed by atoms with Crippen LogP contribution < -0.4 is 0 Å². The SMILES string of the molecule is CCCCCCCCCCCCCCS(=O)(=O)OC/C=C/c1ccccc1[N+](=O)[O-]. The molecule has 1 aromatic carbocycles. The number of nitro groups is 1. The molecule has 1 rings (SSSR count). The first kappa shape index (κ1) is 26.3. The zero-order valence-electron chi connectivity index (χ0n) is 18.3. The average molecular weight is 440 g/mol. The molecule has 0 spiro atoms. The van der Waals surface area contributed by atoms with Crippen LogP contribution in [0, 0.1) is 10.1 Å². The molecule has 0 aromatic heterocycles. The maximum atomic E-state index is 11.9. The molecule has 0 unspecified atom stereocenters. The van der Waals surface area contributed by atoms with E-state index < -0.39 is 15.0 Å². The van der Waals surface area contributed by atoms with Crippen LogP contribution in [0.2, 0.25) is 0 Å². The Morgan fingerprint density at radius 2 is 1.43 bits per heavy atom. The van der Waals surface area contributed by atoms with Gasteiger partial charge in [0.1, 0.15) is 0 Å². The Labute approximate surface area is 182 Å². The summed E-state index contributed by atoms with van der Waals surface area (Å²) in [5.74, 6) is 0.0176. The number of para-hydroxylation sites is 1. The van der Waals surface area contributed by atoms with Gasteiger partial charge in [0.15, 0.2) is 0 Å². The Balaban J connectivity index is 2.10. The van der Waals surface area contributed by atoms with E-state index in [9.17, 15) is 18.5 Å². The highest BCUT2D eigenvalue weighted by Crippen LogP contribution is 2.19. The normalized spacial score (nSPS) is 11.9. The lowest BCUT2D eigenvalue weighted by molar-refractivity contribution is -0.385. The van der Waals surface area contributed by atoms with Gasteiger partial charge >= 0.3 is 0 Å². The van der Waals surface area contributed by atoms with Gasteiger partial charge in [-0.15, -0.1) is 0 Å². The molecule has 0 atom stereocenters. The number of rotatable bonds is 18. The molecule has 0 bridgehead atoms. The fourth-order valence-electron chi connectivity index (χ4n) is 3.29. The fraction of sp³-hybridized carbons (Fsp3) is 0.652. The molecule has 0 radical (unpaired) electrons. The predicted octanol–water partition coefficient (Wildman–Crippen LogP) is 6.66. The van der Waals surface area contributed by atoms with Gasteiger partial charge in [0.25, 0.3) is 15.8 Å². The van der Waals surface area contributed by atoms with Gasteiger partial charge in [-0.2, -0.15) is 8.42 Å². The van der Waals surface area contributed by atoms with E-state index >= 15 is 0 Å². The van der Waals surface area contributed by atoms with Gasteiger partial charge in [0, 0.05) is 6.07 Å². The van der Waals surface area contributed by atoms with E-state index in [2.05, 4.69) is 6.92 Å². The minimum atomic E-state index is -3.56. The number of benzene rings is 1. The van der Waals surface area contributed by atoms with Crippen LogP contribution >= 0.6 is 0 Å². The zero-order chi connectivity index (χ0) is 22.1. The Morgan fingerprint density at radius 1 is 0.900 bits per heavy atom. The summed E-state index contributed by atoms with van der Waals surface area (Å²) in [7, 11) is -3.56. The third-order valence-electron chi connectivity index (χ3n) is 5.02. The lowest BCUT2D eigenvalue weighted by atomic mass is 10.1. The summed E-state index contributed by atoms with van der Waals surface area (Å²) in [5, 5.41) is 11.0. The van der Waals surface area contributed by atoms with E-state index in [1.165, 1.54) is 69.6 Å². The molecule has 0 heterocycles. The van der Waals surface area contributed by atoms with Crippen LogP contribution in [0.3, 0.4) is 0 Å². The Kier molecular flexibility index (Phi) is 14.1. The highest BCUT2D eigenvalue weighted by molar-refractivity contribution is 7.86. The molecule has 170 valence electrons. The Hall–Kier alpha value is -1.73. The van der Waals surface area contributed by atoms with Crippen molar-refractivity contribution in [1.29, 1.82) is 0 Å². The molecule has 0 aliphatic carbocycles. The fourth-order valence-corrected chi connectivity index (χ4v) is 4.25. The van der Waals surface area contributed by atoms with Crippen molar-refractivity contribution in [3.63, 3.8) is 0 Å². The van der Waals surface area contributed by atoms with Crippen molar-refractivity contribution < 1.29 is 17.5 Å². The van der Waals surface area contributed by atoms with E-state index in [-0.39, 0.29) is 18.0 Å². The predicted molar refractivity (Wildman–Crippen MR) is 123 cm³/mol. The maximum absolute atomic E-state index is 11.9. The van der Waals surface area contributed by atoms with Crippen LogP contribution in [-0.4, -0.2) is 25.7 Å². The number of nitrogens with zero attached hydrogens (tertiary/aromatic N) is 1. The van der Waals surface area contributed by atoms with Crippen LogP contribution in [0.5, 0.6) is 0 Å². The number of unbranched alkanes of at least 4 members (excludes halogenated alkanes) is 11. The minimum Gasteiger partial charge on any atom is -0.266 e. The number of nitro benzene ring substituents is 1. The number of hydrogen-bond donors (Lipinski definition) is 0. The van der Waals surface area contributed by atoms with Crippen LogP contribution in [0.25, 0.3) is 6.08 Å². The Morgan fingerprint density at radius 3 is 2.00 bits per heavy atom. The van der Waals surface area contributed by atoms with E-state index in [0.29, 0.717) is 12.0 Å². The van der Waals surface area contributed by atoms with Gasteiger partial charge in [-0.1, -0.05) is 95.8 Å². The van der Waals surface area contributed by atoms with Crippen LogP contribution in [0.15, 0.2) is 30.3 Å². The van der Waals surface area contributed by atoms with E-state index in [4.69, 9.17) is 4.18 Å². The molecule has 0 saturated carbocycles. The number of hydrogen-bond acceptors (Lipinski definition) is 5. The van der Waals surface area contributed by atoms with Crippen molar-refractivity contribution in [2.45, 2.75) is 84.0 Å². The second-order valence-electron chi connectivity index (χ2n) is 7.65. The third kappa shape index (κ3) is 12.8. The highest BCUT2D eigenvalue weighted by Gasteiger charge is 2.11. The summed E-state index contributed by atoms with van der Waals surface area (Å²) in [4.78, 5) is 10.5. The van der Waals surface area contributed by atoms with E-state index in [1.54, 1.807) is 18.2 Å². The molecule has 0 aliphatic heterocycles. The summed E-state index contributed by atoms with van der Waals surface area (Å²) >= 11 is 0. The molecular formula is C23H37NO5S. The minimum absolute atomic E-state index is 0.0176. The molecular weight excluding hydrogens is 402 g/mol. The smallest absolute Gasteiger partial charge is 0.266 e. The van der Waals surface area contributed by atoms with E-state index in [1.807, 2.05) is 0 Å². The first-order valence-corrected chi connectivity index (χ1v) is 12.8. The van der Waals surface area contributed by atoms with E-state index in [0.717, 1.165) is 19.3 Å². The van der Waals surface area contributed by atoms with Crippen LogP contribution in [0.4, 0.5) is 5.69 Å². The monoisotopic (exact) mass is 439 g/mol. The molecule has 0 fully saturated rings. The molecule has 1 aromatic rings. The quantitative estimate of drug-likeness (QED) is 0.110. The standard InChI is InChI=1S/C23H37NO5S/c1-2-3-4-5-6-7-8-9-10-11-12-15-21-30(27,28)29-20-16-18-22-17-13-14-19-23(22)24(25)26/h13-14,16-19H,2-12,15,20-21H2,1H3/b18-16+. The summed E-state index contributed by atoms with van der Waals surface area (Å²) in [5.41, 5.74) is 0.401. The van der Waals surface area contributed by atoms with Gasteiger partial charge in [-0.05, 0) is 18.6 Å². The maximum Gasteiger partial charge on any atom is 0.276 e. The molecule has 6 nitrogen and oxygen atoms in total. The largest absolute Gasteiger partial charge is 0.276 e. The Bertz CT molecular complexity index is 731. The summed E-state index contributed by atoms with van der Waals surface area (Å²) in [6, 6.07) is 6.30. The zero-order valence-corrected chi connectivity index (χ0v) is 19.1. The van der Waals surface area contributed by atoms with Gasteiger partial charge in [0.05, 0.1) is 22.8 Å². The molecule has 0 saturated heterocycles. The van der Waals surface area contributed by atoms with Crippen molar-refractivity contribution in [2.75, 3.05) is 12.4 Å².